The zero-order valence-electron chi connectivity index (χ0n) is 11.8. The van der Waals surface area contributed by atoms with Gasteiger partial charge in [0.05, 0.1) is 18.4 Å². The molecule has 1 rings (SSSR count). The first-order chi connectivity index (χ1) is 9.35. The highest BCUT2D eigenvalue weighted by molar-refractivity contribution is 6.00. The second-order valence-electron chi connectivity index (χ2n) is 4.46. The third-order valence-corrected chi connectivity index (χ3v) is 2.55. The van der Waals surface area contributed by atoms with Gasteiger partial charge in [0.2, 0.25) is 0 Å². The van der Waals surface area contributed by atoms with Crippen LogP contribution < -0.4 is 10.1 Å². The highest BCUT2D eigenvalue weighted by atomic mass is 16.5. The summed E-state index contributed by atoms with van der Waals surface area (Å²) in [4.78, 5) is 24.5. The lowest BCUT2D eigenvalue weighted by molar-refractivity contribution is 0.0697. The number of rotatable bonds is 5. The third kappa shape index (κ3) is 4.01. The Hall–Kier alpha value is -2.50. The fourth-order valence-corrected chi connectivity index (χ4v) is 1.62. The Kier molecular flexibility index (Phi) is 5.14. The third-order valence-electron chi connectivity index (χ3n) is 2.55. The van der Waals surface area contributed by atoms with E-state index < -0.39 is 12.0 Å². The van der Waals surface area contributed by atoms with Gasteiger partial charge in [0, 0.05) is 13.6 Å². The molecule has 2 amide bonds. The Labute approximate surface area is 117 Å². The number of carboxylic acids is 1. The number of likely N-dealkylation sites (N-methyl/N-ethyl adjacent to an activating group) is 1. The molecule has 0 aliphatic carbocycles. The number of methoxy groups -OCH3 is 1. The summed E-state index contributed by atoms with van der Waals surface area (Å²) in [6.07, 6.45) is 0. The van der Waals surface area contributed by atoms with Crippen LogP contribution in [0.25, 0.3) is 0 Å². The molecule has 0 spiro atoms. The van der Waals surface area contributed by atoms with E-state index in [0.29, 0.717) is 12.3 Å². The van der Waals surface area contributed by atoms with Gasteiger partial charge < -0.3 is 20.1 Å². The van der Waals surface area contributed by atoms with Crippen molar-refractivity contribution in [2.24, 2.45) is 0 Å². The SMILES string of the molecule is C=C(C)CN(C)C(=O)Nc1ccc(OC)cc1C(=O)O. The van der Waals surface area contributed by atoms with Crippen molar-refractivity contribution in [2.45, 2.75) is 6.92 Å². The molecule has 0 saturated carbocycles. The van der Waals surface area contributed by atoms with Crippen LogP contribution in [0, 0.1) is 0 Å². The lowest BCUT2D eigenvalue weighted by Crippen LogP contribution is -2.32. The normalized spacial score (nSPS) is 9.75. The number of anilines is 1. The standard InChI is InChI=1S/C14H18N2O4/c1-9(2)8-16(3)14(19)15-12-6-5-10(20-4)7-11(12)13(17)18/h5-7H,1,8H2,2-4H3,(H,15,19)(H,17,18). The maximum Gasteiger partial charge on any atom is 0.337 e. The number of hydrogen-bond acceptors (Lipinski definition) is 3. The van der Waals surface area contributed by atoms with Crippen LogP contribution in [-0.4, -0.2) is 42.7 Å². The first-order valence-corrected chi connectivity index (χ1v) is 5.93. The summed E-state index contributed by atoms with van der Waals surface area (Å²) in [6.45, 7) is 5.92. The lowest BCUT2D eigenvalue weighted by atomic mass is 10.1. The van der Waals surface area contributed by atoms with E-state index in [4.69, 9.17) is 9.84 Å². The van der Waals surface area contributed by atoms with Crippen LogP contribution in [0.15, 0.2) is 30.4 Å². The summed E-state index contributed by atoms with van der Waals surface area (Å²) in [6, 6.07) is 4.03. The number of ether oxygens (including phenoxy) is 1. The molecule has 0 aromatic heterocycles. The Balaban J connectivity index is 2.94. The van der Waals surface area contributed by atoms with Gasteiger partial charge in [-0.2, -0.15) is 0 Å². The second kappa shape index (κ2) is 6.60. The van der Waals surface area contributed by atoms with E-state index in [2.05, 4.69) is 11.9 Å². The summed E-state index contributed by atoms with van der Waals surface area (Å²) >= 11 is 0. The van der Waals surface area contributed by atoms with Gasteiger partial charge in [0.1, 0.15) is 5.75 Å². The van der Waals surface area contributed by atoms with E-state index in [-0.39, 0.29) is 11.3 Å². The molecule has 20 heavy (non-hydrogen) atoms. The first-order valence-electron chi connectivity index (χ1n) is 5.93. The number of carbonyl (C=O) groups excluding carboxylic acids is 1. The van der Waals surface area contributed by atoms with Crippen LogP contribution in [0.4, 0.5) is 10.5 Å². The Morgan fingerprint density at radius 2 is 2.10 bits per heavy atom. The molecule has 0 aliphatic rings. The molecule has 1 aromatic rings. The average Bonchev–Trinajstić information content (AvgIpc) is 2.37. The van der Waals surface area contributed by atoms with Gasteiger partial charge in [-0.15, -0.1) is 0 Å². The Bertz CT molecular complexity index is 540. The number of aromatic carboxylic acids is 1. The molecular weight excluding hydrogens is 260 g/mol. The van der Waals surface area contributed by atoms with Crippen molar-refractivity contribution in [2.75, 3.05) is 26.0 Å². The molecule has 0 radical (unpaired) electrons. The molecular formula is C14H18N2O4. The minimum absolute atomic E-state index is 0.0265. The summed E-state index contributed by atoms with van der Waals surface area (Å²) in [7, 11) is 3.05. The molecule has 108 valence electrons. The first kappa shape index (κ1) is 15.6. The monoisotopic (exact) mass is 278 g/mol. The summed E-state index contributed by atoms with van der Waals surface area (Å²) < 4.78 is 4.97. The highest BCUT2D eigenvalue weighted by Gasteiger charge is 2.15. The number of hydrogen-bond donors (Lipinski definition) is 2. The molecule has 0 bridgehead atoms. The predicted octanol–water partition coefficient (Wildman–Crippen LogP) is 2.43. The number of carboxylic acid groups (broad SMARTS) is 1. The molecule has 0 atom stereocenters. The average molecular weight is 278 g/mol. The zero-order valence-corrected chi connectivity index (χ0v) is 11.8. The molecule has 0 heterocycles. The Morgan fingerprint density at radius 1 is 1.45 bits per heavy atom. The maximum atomic E-state index is 11.9. The molecule has 0 unspecified atom stereocenters. The molecule has 0 saturated heterocycles. The predicted molar refractivity (Wildman–Crippen MR) is 76.4 cm³/mol. The number of nitrogens with one attached hydrogen (secondary N) is 1. The van der Waals surface area contributed by atoms with Gasteiger partial charge in [-0.05, 0) is 25.1 Å². The van der Waals surface area contributed by atoms with E-state index >= 15 is 0 Å². The van der Waals surface area contributed by atoms with Gasteiger partial charge in [-0.3, -0.25) is 0 Å². The molecule has 6 nitrogen and oxygen atoms in total. The molecule has 0 fully saturated rings. The van der Waals surface area contributed by atoms with Crippen LogP contribution in [0.2, 0.25) is 0 Å². The van der Waals surface area contributed by atoms with Crippen molar-refractivity contribution in [3.63, 3.8) is 0 Å². The minimum atomic E-state index is -1.14. The van der Waals surface area contributed by atoms with Gasteiger partial charge in [0.25, 0.3) is 0 Å². The maximum absolute atomic E-state index is 11.9. The van der Waals surface area contributed by atoms with Crippen molar-refractivity contribution in [1.29, 1.82) is 0 Å². The summed E-state index contributed by atoms with van der Waals surface area (Å²) in [5, 5.41) is 11.7. The van der Waals surface area contributed by atoms with E-state index in [1.54, 1.807) is 20.0 Å². The molecule has 2 N–H and O–H groups in total. The largest absolute Gasteiger partial charge is 0.497 e. The number of carbonyl (C=O) groups is 2. The number of urea groups is 1. The number of amides is 2. The van der Waals surface area contributed by atoms with Crippen LogP contribution in [0.3, 0.4) is 0 Å². The molecule has 0 aliphatic heterocycles. The van der Waals surface area contributed by atoms with E-state index in [9.17, 15) is 9.59 Å². The van der Waals surface area contributed by atoms with Crippen molar-refractivity contribution in [3.8, 4) is 5.75 Å². The smallest absolute Gasteiger partial charge is 0.337 e. The molecule has 1 aromatic carbocycles. The van der Waals surface area contributed by atoms with Crippen molar-refractivity contribution in [3.05, 3.63) is 35.9 Å². The number of nitrogens with zero attached hydrogens (tertiary/aromatic N) is 1. The van der Waals surface area contributed by atoms with Crippen molar-refractivity contribution >= 4 is 17.7 Å². The summed E-state index contributed by atoms with van der Waals surface area (Å²) in [5.74, 6) is -0.725. The Morgan fingerprint density at radius 3 is 2.60 bits per heavy atom. The topological polar surface area (TPSA) is 78.9 Å². The van der Waals surface area contributed by atoms with E-state index in [1.165, 1.54) is 24.1 Å². The van der Waals surface area contributed by atoms with Crippen LogP contribution >= 0.6 is 0 Å². The van der Waals surface area contributed by atoms with Gasteiger partial charge in [-0.1, -0.05) is 12.2 Å². The van der Waals surface area contributed by atoms with Crippen LogP contribution in [0.5, 0.6) is 5.75 Å². The fourth-order valence-electron chi connectivity index (χ4n) is 1.62. The zero-order chi connectivity index (χ0) is 15.3. The van der Waals surface area contributed by atoms with Crippen LogP contribution in [0.1, 0.15) is 17.3 Å². The van der Waals surface area contributed by atoms with E-state index in [1.807, 2.05) is 0 Å². The molecule has 6 heteroatoms. The van der Waals surface area contributed by atoms with Crippen LogP contribution in [-0.2, 0) is 0 Å². The van der Waals surface area contributed by atoms with Gasteiger partial charge in [0.15, 0.2) is 0 Å². The minimum Gasteiger partial charge on any atom is -0.497 e. The van der Waals surface area contributed by atoms with Gasteiger partial charge in [-0.25, -0.2) is 9.59 Å². The lowest BCUT2D eigenvalue weighted by Gasteiger charge is -2.18. The van der Waals surface area contributed by atoms with Gasteiger partial charge >= 0.3 is 12.0 Å². The second-order valence-corrected chi connectivity index (χ2v) is 4.46. The highest BCUT2D eigenvalue weighted by Crippen LogP contribution is 2.22. The van der Waals surface area contributed by atoms with Crippen molar-refractivity contribution in [1.82, 2.24) is 4.90 Å². The fraction of sp³-hybridized carbons (Fsp3) is 0.286. The van der Waals surface area contributed by atoms with E-state index in [0.717, 1.165) is 5.57 Å². The number of benzene rings is 1. The summed E-state index contributed by atoms with van der Waals surface area (Å²) in [5.41, 5.74) is 1.02. The quantitative estimate of drug-likeness (QED) is 0.811. The van der Waals surface area contributed by atoms with Crippen molar-refractivity contribution < 1.29 is 19.4 Å².